The molecular weight excluding hydrogens is 248 g/mol. The first kappa shape index (κ1) is 12.9. The van der Waals surface area contributed by atoms with E-state index in [1.54, 1.807) is 0 Å². The maximum absolute atomic E-state index is 5.92. The van der Waals surface area contributed by atoms with Crippen molar-refractivity contribution in [1.82, 2.24) is 0 Å². The van der Waals surface area contributed by atoms with Gasteiger partial charge in [-0.3, -0.25) is 0 Å². The first-order chi connectivity index (χ1) is 9.56. The highest BCUT2D eigenvalue weighted by molar-refractivity contribution is 5.58. The van der Waals surface area contributed by atoms with Crippen LogP contribution in [0.15, 0.2) is 35.4 Å². The molecule has 0 spiro atoms. The fourth-order valence-corrected chi connectivity index (χ4v) is 2.81. The van der Waals surface area contributed by atoms with Crippen molar-refractivity contribution in [2.24, 2.45) is 5.11 Å². The van der Waals surface area contributed by atoms with Crippen LogP contribution in [0.3, 0.4) is 0 Å². The highest BCUT2D eigenvalue weighted by atomic mass is 16.5. The predicted molar refractivity (Wildman–Crippen MR) is 79.3 cm³/mol. The molecule has 1 aliphatic heterocycles. The lowest BCUT2D eigenvalue weighted by atomic mass is 10.1. The molecule has 0 radical (unpaired) electrons. The van der Waals surface area contributed by atoms with Gasteiger partial charge in [-0.15, -0.1) is 0 Å². The van der Waals surface area contributed by atoms with Crippen molar-refractivity contribution in [1.29, 1.82) is 0 Å². The number of benzene rings is 2. The number of nitrogens with zero attached hydrogens (tertiary/aromatic N) is 2. The van der Waals surface area contributed by atoms with Gasteiger partial charge in [-0.25, -0.2) is 0 Å². The molecule has 3 rings (SSSR count). The molecule has 1 heterocycles. The van der Waals surface area contributed by atoms with E-state index in [0.29, 0.717) is 6.73 Å². The van der Waals surface area contributed by atoms with E-state index < -0.39 is 0 Å². The Hall–Kier alpha value is -2.16. The summed E-state index contributed by atoms with van der Waals surface area (Å²) in [5.74, 6) is 0.901. The van der Waals surface area contributed by atoms with Gasteiger partial charge in [-0.05, 0) is 49.6 Å². The predicted octanol–water partition coefficient (Wildman–Crippen LogP) is 4.70. The van der Waals surface area contributed by atoms with Crippen molar-refractivity contribution in [2.75, 3.05) is 6.73 Å². The number of rotatable bonds is 1. The maximum Gasteiger partial charge on any atom is 0.317 e. The number of para-hydroxylation sites is 1. The van der Waals surface area contributed by atoms with E-state index in [-0.39, 0.29) is 0 Å². The molecule has 0 saturated heterocycles. The Labute approximate surface area is 119 Å². The van der Waals surface area contributed by atoms with Crippen LogP contribution in [0.1, 0.15) is 22.3 Å². The topological polar surface area (TPSA) is 24.6 Å². The minimum Gasteiger partial charge on any atom is -0.431 e. The Morgan fingerprint density at radius 1 is 1.00 bits per heavy atom. The third-order valence-electron chi connectivity index (χ3n) is 3.66. The van der Waals surface area contributed by atoms with Crippen LogP contribution in [0.25, 0.3) is 0 Å². The van der Waals surface area contributed by atoms with E-state index in [1.165, 1.54) is 16.7 Å². The average Bonchev–Trinajstić information content (AvgIpc) is 2.37. The number of fused-ring (bicyclic) bond motifs is 1. The molecule has 0 bridgehead atoms. The van der Waals surface area contributed by atoms with Crippen molar-refractivity contribution in [3.05, 3.63) is 52.6 Å². The third kappa shape index (κ3) is 2.09. The van der Waals surface area contributed by atoms with Gasteiger partial charge in [0.25, 0.3) is 0 Å². The Morgan fingerprint density at radius 2 is 1.70 bits per heavy atom. The minimum absolute atomic E-state index is 0.461. The Balaban J connectivity index is 2.16. The van der Waals surface area contributed by atoms with E-state index in [9.17, 15) is 0 Å². The highest BCUT2D eigenvalue weighted by Gasteiger charge is 2.25. The lowest BCUT2D eigenvalue weighted by Gasteiger charge is -2.15. The summed E-state index contributed by atoms with van der Waals surface area (Å²) in [4.78, 5) is 0. The lowest BCUT2D eigenvalue weighted by molar-refractivity contribution is -0.545. The summed E-state index contributed by atoms with van der Waals surface area (Å²) in [7, 11) is 0. The molecule has 3 nitrogen and oxygen atoms in total. The summed E-state index contributed by atoms with van der Waals surface area (Å²) >= 11 is 0. The number of aryl methyl sites for hydroxylation is 4. The standard InChI is InChI=1S/C17H19N2O/c1-11-8-14(4)17-15(9-11)18-19(10-20-17)16-12(2)6-5-7-13(16)3/h5-9H,10H2,1-4H3/q+1. The van der Waals surface area contributed by atoms with Gasteiger partial charge >= 0.3 is 6.73 Å². The van der Waals surface area contributed by atoms with E-state index in [1.807, 2.05) is 4.70 Å². The summed E-state index contributed by atoms with van der Waals surface area (Å²) in [5, 5.41) is 4.77. The molecule has 0 N–H and O–H groups in total. The second-order valence-corrected chi connectivity index (χ2v) is 5.44. The number of hydrogen-bond donors (Lipinski definition) is 0. The van der Waals surface area contributed by atoms with Crippen molar-refractivity contribution >= 4 is 11.4 Å². The molecule has 1 aliphatic rings. The number of hydrogen-bond acceptors (Lipinski definition) is 2. The summed E-state index contributed by atoms with van der Waals surface area (Å²) < 4.78 is 7.87. The smallest absolute Gasteiger partial charge is 0.317 e. The number of azo groups is 2. The Bertz CT molecular complexity index is 697. The first-order valence-electron chi connectivity index (χ1n) is 6.85. The van der Waals surface area contributed by atoms with Crippen LogP contribution in [0, 0.1) is 27.7 Å². The monoisotopic (exact) mass is 267 g/mol. The Morgan fingerprint density at radius 3 is 2.40 bits per heavy atom. The quantitative estimate of drug-likeness (QED) is 0.687. The van der Waals surface area contributed by atoms with Gasteiger partial charge < -0.3 is 4.74 Å². The van der Waals surface area contributed by atoms with Gasteiger partial charge in [-0.2, -0.15) is 0 Å². The molecular formula is C17H19N2O+. The van der Waals surface area contributed by atoms with Gasteiger partial charge in [0.2, 0.25) is 5.69 Å². The molecule has 20 heavy (non-hydrogen) atoms. The van der Waals surface area contributed by atoms with Crippen LogP contribution in [-0.2, 0) is 0 Å². The van der Waals surface area contributed by atoms with Crippen molar-refractivity contribution in [2.45, 2.75) is 27.7 Å². The van der Waals surface area contributed by atoms with Crippen LogP contribution < -0.4 is 4.74 Å². The summed E-state index contributed by atoms with van der Waals surface area (Å²) in [5.41, 5.74) is 6.82. The lowest BCUT2D eigenvalue weighted by Crippen LogP contribution is -2.17. The molecule has 3 heteroatoms. The Kier molecular flexibility index (Phi) is 3.05. The zero-order valence-electron chi connectivity index (χ0n) is 12.4. The summed E-state index contributed by atoms with van der Waals surface area (Å²) in [6.45, 7) is 8.82. The van der Waals surface area contributed by atoms with Crippen LogP contribution in [0.5, 0.6) is 5.75 Å². The van der Waals surface area contributed by atoms with Gasteiger partial charge in [-0.1, -0.05) is 24.3 Å². The van der Waals surface area contributed by atoms with Crippen LogP contribution in [0.4, 0.5) is 11.4 Å². The van der Waals surface area contributed by atoms with Crippen LogP contribution in [-0.4, -0.2) is 11.4 Å². The van der Waals surface area contributed by atoms with Crippen molar-refractivity contribution in [3.8, 4) is 5.75 Å². The second-order valence-electron chi connectivity index (χ2n) is 5.44. The zero-order valence-corrected chi connectivity index (χ0v) is 12.4. The molecule has 102 valence electrons. The molecule has 0 fully saturated rings. The second kappa shape index (κ2) is 4.75. The zero-order chi connectivity index (χ0) is 14.3. The largest absolute Gasteiger partial charge is 0.431 e. The normalized spacial score (nSPS) is 13.5. The van der Waals surface area contributed by atoms with Gasteiger partial charge in [0.05, 0.1) is 0 Å². The minimum atomic E-state index is 0.461. The highest BCUT2D eigenvalue weighted by Crippen LogP contribution is 2.37. The maximum atomic E-state index is 5.92. The van der Waals surface area contributed by atoms with Crippen molar-refractivity contribution in [3.63, 3.8) is 0 Å². The molecule has 0 aromatic heterocycles. The summed E-state index contributed by atoms with van der Waals surface area (Å²) in [6, 6.07) is 10.5. The van der Waals surface area contributed by atoms with Gasteiger partial charge in [0, 0.05) is 16.2 Å². The molecule has 2 aromatic rings. The van der Waals surface area contributed by atoms with E-state index in [2.05, 4.69) is 58.0 Å². The van der Waals surface area contributed by atoms with Crippen LogP contribution in [0.2, 0.25) is 0 Å². The molecule has 0 unspecified atom stereocenters. The van der Waals surface area contributed by atoms with Crippen LogP contribution >= 0.6 is 0 Å². The van der Waals surface area contributed by atoms with Gasteiger partial charge in [0.1, 0.15) is 0 Å². The average molecular weight is 267 g/mol. The molecule has 0 saturated carbocycles. The van der Waals surface area contributed by atoms with E-state index >= 15 is 0 Å². The van der Waals surface area contributed by atoms with E-state index in [0.717, 1.165) is 22.7 Å². The number of ether oxygens (including phenoxy) is 1. The SMILES string of the molecule is Cc1cc(C)c2c(c1)N=[N+](c1c(C)cccc1C)CO2. The summed E-state index contributed by atoms with van der Waals surface area (Å²) in [6.07, 6.45) is 0. The first-order valence-corrected chi connectivity index (χ1v) is 6.85. The fourth-order valence-electron chi connectivity index (χ4n) is 2.81. The van der Waals surface area contributed by atoms with Gasteiger partial charge in [0.15, 0.2) is 11.4 Å². The molecule has 2 aromatic carbocycles. The fraction of sp³-hybridized carbons (Fsp3) is 0.294. The van der Waals surface area contributed by atoms with E-state index in [4.69, 9.17) is 9.85 Å². The molecule has 0 atom stereocenters. The molecule has 0 amide bonds. The molecule has 0 aliphatic carbocycles. The third-order valence-corrected chi connectivity index (χ3v) is 3.66. The van der Waals surface area contributed by atoms with Crippen molar-refractivity contribution < 1.29 is 9.43 Å².